The van der Waals surface area contributed by atoms with Crippen molar-refractivity contribution in [2.45, 2.75) is 24.4 Å². The molecule has 16 heavy (non-hydrogen) atoms. The first-order valence-corrected chi connectivity index (χ1v) is 5.84. The minimum absolute atomic E-state index is 0.630. The van der Waals surface area contributed by atoms with Crippen LogP contribution in [0.1, 0.15) is 0 Å². The van der Waals surface area contributed by atoms with Gasteiger partial charge in [0.05, 0.1) is 12.7 Å². The molecule has 4 unspecified atom stereocenters. The van der Waals surface area contributed by atoms with Crippen molar-refractivity contribution in [3.8, 4) is 0 Å². The van der Waals surface area contributed by atoms with Gasteiger partial charge < -0.3 is 25.5 Å². The predicted molar refractivity (Wildman–Crippen MR) is 52.2 cm³/mol. The molecule has 8 N–H and O–H groups in total. The molecule has 0 rings (SSSR count). The summed E-state index contributed by atoms with van der Waals surface area (Å²) in [5, 5.41) is 49.6. The van der Waals surface area contributed by atoms with Crippen LogP contribution in [0.25, 0.3) is 0 Å². The standard InChI is InChI=1S/C6H16N2O7S/c7-16(14,15)8-1-3(10)5(12)6(13)4(11)2-9/h3-6,8-13H,1-2H2,(H2,7,14,15). The second kappa shape index (κ2) is 6.42. The summed E-state index contributed by atoms with van der Waals surface area (Å²) in [4.78, 5) is 0. The maximum absolute atomic E-state index is 10.4. The van der Waals surface area contributed by atoms with Gasteiger partial charge in [-0.2, -0.15) is 13.1 Å². The Labute approximate surface area is 92.3 Å². The van der Waals surface area contributed by atoms with Crippen molar-refractivity contribution >= 4 is 10.2 Å². The molecule has 0 heterocycles. The lowest BCUT2D eigenvalue weighted by Gasteiger charge is -2.25. The van der Waals surface area contributed by atoms with Gasteiger partial charge in [0.2, 0.25) is 0 Å². The largest absolute Gasteiger partial charge is 0.394 e. The number of nitrogens with two attached hydrogens (primary N) is 1. The molecule has 9 nitrogen and oxygen atoms in total. The summed E-state index contributed by atoms with van der Waals surface area (Å²) in [6.07, 6.45) is -6.94. The third-order valence-electron chi connectivity index (χ3n) is 1.82. The van der Waals surface area contributed by atoms with Crippen LogP contribution in [0.15, 0.2) is 0 Å². The van der Waals surface area contributed by atoms with Crippen LogP contribution in [0, 0.1) is 0 Å². The van der Waals surface area contributed by atoms with E-state index in [2.05, 4.69) is 5.14 Å². The SMILES string of the molecule is NS(=O)(=O)NCC(O)C(O)C(O)C(O)CO. The Balaban J connectivity index is 4.22. The van der Waals surface area contributed by atoms with Crippen molar-refractivity contribution in [2.75, 3.05) is 13.2 Å². The average Bonchev–Trinajstić information content (AvgIpc) is 2.21. The van der Waals surface area contributed by atoms with Crippen molar-refractivity contribution in [3.63, 3.8) is 0 Å². The third-order valence-corrected chi connectivity index (χ3v) is 2.39. The average molecular weight is 260 g/mol. The van der Waals surface area contributed by atoms with E-state index >= 15 is 0 Å². The van der Waals surface area contributed by atoms with Crippen LogP contribution in [-0.2, 0) is 10.2 Å². The lowest BCUT2D eigenvalue weighted by molar-refractivity contribution is -0.113. The highest BCUT2D eigenvalue weighted by Gasteiger charge is 2.30. The van der Waals surface area contributed by atoms with E-state index in [1.807, 2.05) is 0 Å². The fourth-order valence-electron chi connectivity index (χ4n) is 0.885. The van der Waals surface area contributed by atoms with E-state index in [0.717, 1.165) is 0 Å². The van der Waals surface area contributed by atoms with Crippen molar-refractivity contribution < 1.29 is 34.0 Å². The van der Waals surface area contributed by atoms with Crippen LogP contribution in [0.3, 0.4) is 0 Å². The molecule has 0 bridgehead atoms. The molecule has 0 aromatic heterocycles. The first kappa shape index (κ1) is 15.7. The van der Waals surface area contributed by atoms with E-state index in [9.17, 15) is 18.6 Å². The van der Waals surface area contributed by atoms with Gasteiger partial charge >= 0.3 is 0 Å². The molecule has 0 aromatic rings. The van der Waals surface area contributed by atoms with Crippen molar-refractivity contribution in [1.82, 2.24) is 4.72 Å². The van der Waals surface area contributed by atoms with Crippen molar-refractivity contribution in [2.24, 2.45) is 5.14 Å². The van der Waals surface area contributed by atoms with Crippen LogP contribution in [0.2, 0.25) is 0 Å². The van der Waals surface area contributed by atoms with Crippen molar-refractivity contribution in [1.29, 1.82) is 0 Å². The summed E-state index contributed by atoms with van der Waals surface area (Å²) in [6.45, 7) is -1.44. The fourth-order valence-corrected chi connectivity index (χ4v) is 1.29. The maximum atomic E-state index is 10.4. The fraction of sp³-hybridized carbons (Fsp3) is 1.00. The lowest BCUT2D eigenvalue weighted by Crippen LogP contribution is -2.50. The highest BCUT2D eigenvalue weighted by molar-refractivity contribution is 7.87. The van der Waals surface area contributed by atoms with Gasteiger partial charge in [-0.05, 0) is 0 Å². The molecule has 0 amide bonds. The van der Waals surface area contributed by atoms with E-state index in [0.29, 0.717) is 0 Å². The summed E-state index contributed by atoms with van der Waals surface area (Å²) < 4.78 is 22.6. The number of aliphatic hydroxyl groups is 5. The van der Waals surface area contributed by atoms with Crippen LogP contribution in [0.4, 0.5) is 0 Å². The topological polar surface area (TPSA) is 173 Å². The normalized spacial score (nSPS) is 20.1. The highest BCUT2D eigenvalue weighted by Crippen LogP contribution is 2.04. The summed E-state index contributed by atoms with van der Waals surface area (Å²) >= 11 is 0. The van der Waals surface area contributed by atoms with Gasteiger partial charge in [-0.15, -0.1) is 0 Å². The van der Waals surface area contributed by atoms with Crippen LogP contribution >= 0.6 is 0 Å². The number of nitrogens with one attached hydrogen (secondary N) is 1. The Morgan fingerprint density at radius 3 is 1.88 bits per heavy atom. The molecule has 10 heteroatoms. The molecule has 0 spiro atoms. The molecule has 98 valence electrons. The van der Waals surface area contributed by atoms with Gasteiger partial charge in [-0.1, -0.05) is 0 Å². The number of hydrogen-bond acceptors (Lipinski definition) is 7. The van der Waals surface area contributed by atoms with Gasteiger partial charge in [0.25, 0.3) is 10.2 Å². The summed E-state index contributed by atoms with van der Waals surface area (Å²) in [5.74, 6) is 0. The molecule has 0 saturated heterocycles. The third kappa shape index (κ3) is 5.67. The van der Waals surface area contributed by atoms with Crippen molar-refractivity contribution in [3.05, 3.63) is 0 Å². The van der Waals surface area contributed by atoms with E-state index < -0.39 is 47.8 Å². The lowest BCUT2D eigenvalue weighted by atomic mass is 10.0. The molecule has 0 fully saturated rings. The maximum Gasteiger partial charge on any atom is 0.274 e. The first-order chi connectivity index (χ1) is 7.19. The van der Waals surface area contributed by atoms with E-state index in [-0.39, 0.29) is 0 Å². The minimum atomic E-state index is -4.02. The van der Waals surface area contributed by atoms with E-state index in [4.69, 9.17) is 15.3 Å². The summed E-state index contributed by atoms with van der Waals surface area (Å²) in [7, 11) is -4.02. The Hall–Kier alpha value is -0.330. The molecule has 4 atom stereocenters. The van der Waals surface area contributed by atoms with E-state index in [1.54, 1.807) is 4.72 Å². The number of aliphatic hydroxyl groups excluding tert-OH is 5. The zero-order valence-electron chi connectivity index (χ0n) is 8.26. The molecular weight excluding hydrogens is 244 g/mol. The van der Waals surface area contributed by atoms with Gasteiger partial charge in [0.1, 0.15) is 18.3 Å². The van der Waals surface area contributed by atoms with E-state index in [1.165, 1.54) is 0 Å². The van der Waals surface area contributed by atoms with Gasteiger partial charge in [-0.25, -0.2) is 5.14 Å². The molecule has 0 aliphatic rings. The van der Waals surface area contributed by atoms with Gasteiger partial charge in [0.15, 0.2) is 0 Å². The van der Waals surface area contributed by atoms with Gasteiger partial charge in [0, 0.05) is 6.54 Å². The zero-order chi connectivity index (χ0) is 12.9. The second-order valence-electron chi connectivity index (χ2n) is 3.19. The highest BCUT2D eigenvalue weighted by atomic mass is 32.2. The first-order valence-electron chi connectivity index (χ1n) is 4.29. The van der Waals surface area contributed by atoms with Crippen LogP contribution < -0.4 is 9.86 Å². The Bertz CT molecular complexity index is 295. The summed E-state index contributed by atoms with van der Waals surface area (Å²) in [6, 6.07) is 0. The molecule has 0 aliphatic heterocycles. The Morgan fingerprint density at radius 2 is 1.50 bits per heavy atom. The predicted octanol–water partition coefficient (Wildman–Crippen LogP) is -4.78. The monoisotopic (exact) mass is 260 g/mol. The van der Waals surface area contributed by atoms with Gasteiger partial charge in [-0.3, -0.25) is 0 Å². The minimum Gasteiger partial charge on any atom is -0.394 e. The van der Waals surface area contributed by atoms with Crippen LogP contribution in [0.5, 0.6) is 0 Å². The molecule has 0 aromatic carbocycles. The Morgan fingerprint density at radius 1 is 1.06 bits per heavy atom. The smallest absolute Gasteiger partial charge is 0.274 e. The second-order valence-corrected chi connectivity index (χ2v) is 4.57. The Kier molecular flexibility index (Phi) is 6.28. The molecule has 0 aliphatic carbocycles. The van der Waals surface area contributed by atoms with Crippen LogP contribution in [-0.4, -0.2) is 71.5 Å². The summed E-state index contributed by atoms with van der Waals surface area (Å²) in [5.41, 5.74) is 0. The number of rotatable bonds is 7. The zero-order valence-corrected chi connectivity index (χ0v) is 9.08. The number of hydrogen-bond donors (Lipinski definition) is 7. The molecule has 0 radical (unpaired) electrons. The molecular formula is C6H16N2O7S. The molecule has 0 saturated carbocycles. The quantitative estimate of drug-likeness (QED) is 0.240.